The summed E-state index contributed by atoms with van der Waals surface area (Å²) in [5.74, 6) is 0. The van der Waals surface area contributed by atoms with Crippen molar-refractivity contribution in [3.8, 4) is 0 Å². The number of aliphatic hydroxyl groups is 1. The smallest absolute Gasteiger partial charge is 0.262 e. The molecule has 6 nitrogen and oxygen atoms in total. The fraction of sp³-hybridized carbons (Fsp3) is 0.0909. The first kappa shape index (κ1) is 13.7. The summed E-state index contributed by atoms with van der Waals surface area (Å²) in [5.41, 5.74) is 0.716. The minimum absolute atomic E-state index is 0.00134. The zero-order chi connectivity index (χ0) is 13.9. The zero-order valence-electron chi connectivity index (χ0n) is 9.62. The summed E-state index contributed by atoms with van der Waals surface area (Å²) in [7, 11) is -3.76. The van der Waals surface area contributed by atoms with Crippen LogP contribution in [-0.4, -0.2) is 23.5 Å². The van der Waals surface area contributed by atoms with Crippen LogP contribution in [0.3, 0.4) is 0 Å². The lowest BCUT2D eigenvalue weighted by atomic mass is 10.2. The van der Waals surface area contributed by atoms with E-state index in [1.54, 1.807) is 0 Å². The third-order valence-corrected chi connectivity index (χ3v) is 4.05. The van der Waals surface area contributed by atoms with Gasteiger partial charge in [0.25, 0.3) is 10.0 Å². The molecule has 2 rings (SSSR count). The number of aliphatic hydroxyl groups excluding tert-OH is 1. The number of halogens is 1. The first-order valence-corrected chi connectivity index (χ1v) is 7.06. The Hall–Kier alpha value is -1.70. The molecular formula is C11H10ClN3O3S. The van der Waals surface area contributed by atoms with E-state index in [4.69, 9.17) is 16.7 Å². The van der Waals surface area contributed by atoms with Gasteiger partial charge in [0.15, 0.2) is 0 Å². The van der Waals surface area contributed by atoms with E-state index >= 15 is 0 Å². The van der Waals surface area contributed by atoms with Gasteiger partial charge in [-0.2, -0.15) is 0 Å². The Morgan fingerprint density at radius 3 is 2.53 bits per heavy atom. The van der Waals surface area contributed by atoms with E-state index in [-0.39, 0.29) is 22.2 Å². The van der Waals surface area contributed by atoms with Gasteiger partial charge < -0.3 is 5.11 Å². The molecule has 1 heterocycles. The molecular weight excluding hydrogens is 290 g/mol. The van der Waals surface area contributed by atoms with E-state index < -0.39 is 10.0 Å². The lowest BCUT2D eigenvalue weighted by Gasteiger charge is -2.08. The van der Waals surface area contributed by atoms with Crippen molar-refractivity contribution in [1.82, 2.24) is 9.97 Å². The molecule has 0 aliphatic carbocycles. The molecule has 0 bridgehead atoms. The van der Waals surface area contributed by atoms with Crippen LogP contribution in [0.4, 0.5) is 5.69 Å². The Morgan fingerprint density at radius 2 is 1.95 bits per heavy atom. The molecule has 0 saturated heterocycles. The van der Waals surface area contributed by atoms with Crippen molar-refractivity contribution in [3.05, 3.63) is 47.5 Å². The van der Waals surface area contributed by atoms with Crippen LogP contribution >= 0.6 is 11.6 Å². The second-order valence-electron chi connectivity index (χ2n) is 3.64. The quantitative estimate of drug-likeness (QED) is 0.891. The first-order chi connectivity index (χ1) is 9.03. The molecule has 0 spiro atoms. The summed E-state index contributed by atoms with van der Waals surface area (Å²) in [6, 6.07) is 4.10. The predicted molar refractivity (Wildman–Crippen MR) is 70.2 cm³/mol. The Kier molecular flexibility index (Phi) is 3.98. The van der Waals surface area contributed by atoms with E-state index in [0.29, 0.717) is 5.56 Å². The number of benzene rings is 1. The molecule has 0 unspecified atom stereocenters. The summed E-state index contributed by atoms with van der Waals surface area (Å²) in [6.45, 7) is -0.251. The van der Waals surface area contributed by atoms with Crippen LogP contribution < -0.4 is 4.72 Å². The monoisotopic (exact) mass is 299 g/mol. The van der Waals surface area contributed by atoms with Gasteiger partial charge in [-0.15, -0.1) is 0 Å². The van der Waals surface area contributed by atoms with Crippen LogP contribution in [-0.2, 0) is 16.6 Å². The number of aromatic nitrogens is 2. The summed E-state index contributed by atoms with van der Waals surface area (Å²) in [4.78, 5) is 7.42. The molecule has 2 N–H and O–H groups in total. The van der Waals surface area contributed by atoms with Gasteiger partial charge in [-0.05, 0) is 17.7 Å². The Morgan fingerprint density at radius 1 is 1.26 bits per heavy atom. The summed E-state index contributed by atoms with van der Waals surface area (Å²) < 4.78 is 26.5. The number of sulfonamides is 1. The number of nitrogens with one attached hydrogen (secondary N) is 1. The average Bonchev–Trinajstić information content (AvgIpc) is 2.39. The minimum atomic E-state index is -3.76. The van der Waals surface area contributed by atoms with E-state index in [0.717, 1.165) is 0 Å². The summed E-state index contributed by atoms with van der Waals surface area (Å²) >= 11 is 5.86. The predicted octanol–water partition coefficient (Wildman–Crippen LogP) is 1.42. The second kappa shape index (κ2) is 5.52. The first-order valence-electron chi connectivity index (χ1n) is 5.20. The lowest BCUT2D eigenvalue weighted by Crippen LogP contribution is -2.13. The normalized spacial score (nSPS) is 11.3. The van der Waals surface area contributed by atoms with E-state index in [1.807, 2.05) is 0 Å². The molecule has 2 aromatic rings. The van der Waals surface area contributed by atoms with Gasteiger partial charge in [-0.3, -0.25) is 4.72 Å². The summed E-state index contributed by atoms with van der Waals surface area (Å²) in [6.07, 6.45) is 3.98. The van der Waals surface area contributed by atoms with Crippen molar-refractivity contribution in [2.45, 2.75) is 11.5 Å². The van der Waals surface area contributed by atoms with Crippen molar-refractivity contribution in [2.24, 2.45) is 0 Å². The second-order valence-corrected chi connectivity index (χ2v) is 5.73. The molecule has 0 fully saturated rings. The molecule has 0 atom stereocenters. The van der Waals surface area contributed by atoms with Crippen LogP contribution in [0.1, 0.15) is 5.56 Å². The van der Waals surface area contributed by atoms with Crippen molar-refractivity contribution in [3.63, 3.8) is 0 Å². The topological polar surface area (TPSA) is 92.2 Å². The average molecular weight is 300 g/mol. The Labute approximate surface area is 115 Å². The van der Waals surface area contributed by atoms with E-state index in [9.17, 15) is 8.42 Å². The molecule has 8 heteroatoms. The van der Waals surface area contributed by atoms with Gasteiger partial charge in [0.2, 0.25) is 0 Å². The maximum atomic E-state index is 12.1. The maximum Gasteiger partial charge on any atom is 0.262 e. The third-order valence-electron chi connectivity index (χ3n) is 2.32. The zero-order valence-corrected chi connectivity index (χ0v) is 11.2. The SMILES string of the molecule is O=S(=O)(Nc1cncnc1)c1ccc(CO)c(Cl)c1. The van der Waals surface area contributed by atoms with Crippen LogP contribution in [0.25, 0.3) is 0 Å². The van der Waals surface area contributed by atoms with Crippen molar-refractivity contribution in [1.29, 1.82) is 0 Å². The number of rotatable bonds is 4. The molecule has 0 amide bonds. The molecule has 100 valence electrons. The number of hydrogen-bond donors (Lipinski definition) is 2. The highest BCUT2D eigenvalue weighted by atomic mass is 35.5. The third kappa shape index (κ3) is 3.19. The molecule has 0 radical (unpaired) electrons. The lowest BCUT2D eigenvalue weighted by molar-refractivity contribution is 0.282. The van der Waals surface area contributed by atoms with E-state index in [1.165, 1.54) is 36.9 Å². The fourth-order valence-electron chi connectivity index (χ4n) is 1.39. The van der Waals surface area contributed by atoms with Crippen LogP contribution in [0.2, 0.25) is 5.02 Å². The Bertz CT molecular complexity index is 677. The van der Waals surface area contributed by atoms with Gasteiger partial charge in [0, 0.05) is 5.02 Å². The van der Waals surface area contributed by atoms with Gasteiger partial charge in [-0.1, -0.05) is 17.7 Å². The maximum absolute atomic E-state index is 12.1. The highest BCUT2D eigenvalue weighted by Crippen LogP contribution is 2.22. The van der Waals surface area contributed by atoms with Crippen LogP contribution in [0.15, 0.2) is 41.8 Å². The van der Waals surface area contributed by atoms with E-state index in [2.05, 4.69) is 14.7 Å². The fourth-order valence-corrected chi connectivity index (χ4v) is 2.75. The number of hydrogen-bond acceptors (Lipinski definition) is 5. The molecule has 1 aromatic carbocycles. The Balaban J connectivity index is 2.32. The minimum Gasteiger partial charge on any atom is -0.392 e. The van der Waals surface area contributed by atoms with Crippen molar-refractivity contribution in [2.75, 3.05) is 4.72 Å². The molecule has 19 heavy (non-hydrogen) atoms. The molecule has 1 aromatic heterocycles. The van der Waals surface area contributed by atoms with Crippen molar-refractivity contribution < 1.29 is 13.5 Å². The van der Waals surface area contributed by atoms with Gasteiger partial charge in [-0.25, -0.2) is 18.4 Å². The number of anilines is 1. The molecule has 0 aliphatic rings. The summed E-state index contributed by atoms with van der Waals surface area (Å²) in [5, 5.41) is 9.17. The molecule has 0 aliphatic heterocycles. The standard InChI is InChI=1S/C11H10ClN3O3S/c12-11-3-10(2-1-8(11)6-16)19(17,18)15-9-4-13-7-14-5-9/h1-5,7,15-16H,6H2. The highest BCUT2D eigenvalue weighted by molar-refractivity contribution is 7.92. The highest BCUT2D eigenvalue weighted by Gasteiger charge is 2.15. The van der Waals surface area contributed by atoms with Crippen LogP contribution in [0.5, 0.6) is 0 Å². The van der Waals surface area contributed by atoms with Crippen molar-refractivity contribution >= 4 is 27.3 Å². The van der Waals surface area contributed by atoms with Gasteiger partial charge in [0.1, 0.15) is 6.33 Å². The van der Waals surface area contributed by atoms with Gasteiger partial charge >= 0.3 is 0 Å². The number of nitrogens with zero attached hydrogens (tertiary/aromatic N) is 2. The van der Waals surface area contributed by atoms with Crippen LogP contribution in [0, 0.1) is 0 Å². The largest absolute Gasteiger partial charge is 0.392 e. The molecule has 0 saturated carbocycles. The van der Waals surface area contributed by atoms with Gasteiger partial charge in [0.05, 0.1) is 29.6 Å².